The first kappa shape index (κ1) is 19.0. The Bertz CT molecular complexity index is 728. The summed E-state index contributed by atoms with van der Waals surface area (Å²) in [5.74, 6) is -1.77. The number of rotatable bonds is 9. The number of aromatic nitrogens is 1. The van der Waals surface area contributed by atoms with E-state index >= 15 is 0 Å². The highest BCUT2D eigenvalue weighted by atomic mass is 16.4. The topological polar surface area (TPSA) is 134 Å². The molecular formula is C18H26N4O3. The van der Waals surface area contributed by atoms with Gasteiger partial charge in [-0.15, -0.1) is 0 Å². The zero-order valence-electron chi connectivity index (χ0n) is 14.4. The highest BCUT2D eigenvalue weighted by Gasteiger charge is 2.28. The van der Waals surface area contributed by atoms with E-state index < -0.39 is 24.0 Å². The minimum absolute atomic E-state index is 0.255. The Kier molecular flexibility index (Phi) is 6.55. The van der Waals surface area contributed by atoms with E-state index in [1.54, 1.807) is 0 Å². The first-order valence-electron chi connectivity index (χ1n) is 8.50. The molecule has 0 aliphatic heterocycles. The maximum absolute atomic E-state index is 12.4. The van der Waals surface area contributed by atoms with Crippen LogP contribution in [-0.2, 0) is 9.59 Å². The fourth-order valence-corrected chi connectivity index (χ4v) is 2.91. The number of carbonyl (C=O) groups is 2. The van der Waals surface area contributed by atoms with Crippen molar-refractivity contribution in [2.24, 2.45) is 11.5 Å². The van der Waals surface area contributed by atoms with Gasteiger partial charge in [-0.3, -0.25) is 4.79 Å². The number of amides is 1. The van der Waals surface area contributed by atoms with Gasteiger partial charge < -0.3 is 26.9 Å². The molecule has 0 radical (unpaired) electrons. The molecule has 25 heavy (non-hydrogen) atoms. The van der Waals surface area contributed by atoms with Crippen LogP contribution in [0.3, 0.4) is 0 Å². The number of fused-ring (bicyclic) bond motifs is 1. The number of benzene rings is 1. The summed E-state index contributed by atoms with van der Waals surface area (Å²) in [6, 6.07) is 5.99. The quantitative estimate of drug-likeness (QED) is 0.436. The number of H-pyrrole nitrogens is 1. The minimum atomic E-state index is -1.06. The molecule has 0 aliphatic carbocycles. The normalized spacial score (nSPS) is 14.8. The standard InChI is InChI=1S/C18H26N4O3/c1-11(13-10-21-14-7-3-2-6-12(13)14)16(20)17(23)22-15(18(24)25)8-4-5-9-19/h2-3,6-7,10-11,15-16,21H,4-5,8-9,19-20H2,1H3,(H,22,23)(H,24,25)/t11?,15-,16+/m0/s1. The number of nitrogens with one attached hydrogen (secondary N) is 2. The molecule has 1 amide bonds. The number of hydrogen-bond donors (Lipinski definition) is 5. The number of para-hydroxylation sites is 1. The molecule has 2 rings (SSSR count). The van der Waals surface area contributed by atoms with Gasteiger partial charge >= 0.3 is 5.97 Å². The van der Waals surface area contributed by atoms with E-state index in [1.807, 2.05) is 37.4 Å². The van der Waals surface area contributed by atoms with Crippen LogP contribution in [0.5, 0.6) is 0 Å². The van der Waals surface area contributed by atoms with E-state index in [4.69, 9.17) is 11.5 Å². The molecule has 1 aromatic carbocycles. The van der Waals surface area contributed by atoms with Crippen molar-refractivity contribution in [3.63, 3.8) is 0 Å². The summed E-state index contributed by atoms with van der Waals surface area (Å²) in [7, 11) is 0. The Morgan fingerprint density at radius 2 is 2.00 bits per heavy atom. The Labute approximate surface area is 146 Å². The summed E-state index contributed by atoms with van der Waals surface area (Å²) in [5.41, 5.74) is 13.4. The molecule has 7 nitrogen and oxygen atoms in total. The van der Waals surface area contributed by atoms with Gasteiger partial charge in [0, 0.05) is 23.0 Å². The summed E-state index contributed by atoms with van der Waals surface area (Å²) >= 11 is 0. The van der Waals surface area contributed by atoms with Crippen LogP contribution in [0.4, 0.5) is 0 Å². The second-order valence-electron chi connectivity index (χ2n) is 6.29. The number of carbonyl (C=O) groups excluding carboxylic acids is 1. The Morgan fingerprint density at radius 1 is 1.28 bits per heavy atom. The Morgan fingerprint density at radius 3 is 2.68 bits per heavy atom. The van der Waals surface area contributed by atoms with Gasteiger partial charge in [0.05, 0.1) is 6.04 Å². The molecule has 1 aromatic heterocycles. The number of carboxylic acid groups (broad SMARTS) is 1. The second kappa shape index (κ2) is 8.64. The van der Waals surface area contributed by atoms with Crippen LogP contribution in [0.15, 0.2) is 30.5 Å². The summed E-state index contributed by atoms with van der Waals surface area (Å²) in [6.45, 7) is 2.36. The Balaban J connectivity index is 2.06. The number of carboxylic acids is 1. The van der Waals surface area contributed by atoms with E-state index in [2.05, 4.69) is 10.3 Å². The number of nitrogens with two attached hydrogens (primary N) is 2. The third kappa shape index (κ3) is 4.58. The van der Waals surface area contributed by atoms with Crippen LogP contribution in [0.2, 0.25) is 0 Å². The number of unbranched alkanes of at least 4 members (excludes halogenated alkanes) is 1. The number of aliphatic carboxylic acids is 1. The van der Waals surface area contributed by atoms with Gasteiger partial charge in [0.1, 0.15) is 6.04 Å². The highest BCUT2D eigenvalue weighted by molar-refractivity contribution is 5.89. The molecule has 7 heteroatoms. The molecular weight excluding hydrogens is 320 g/mol. The lowest BCUT2D eigenvalue weighted by atomic mass is 9.92. The van der Waals surface area contributed by atoms with Gasteiger partial charge in [-0.1, -0.05) is 25.1 Å². The monoisotopic (exact) mass is 346 g/mol. The molecule has 0 saturated carbocycles. The fraction of sp³-hybridized carbons (Fsp3) is 0.444. The molecule has 1 heterocycles. The minimum Gasteiger partial charge on any atom is -0.480 e. The Hall–Kier alpha value is -2.38. The van der Waals surface area contributed by atoms with E-state index in [1.165, 1.54) is 0 Å². The van der Waals surface area contributed by atoms with Gasteiger partial charge in [-0.25, -0.2) is 4.79 Å². The maximum atomic E-state index is 12.4. The average Bonchev–Trinajstić information content (AvgIpc) is 3.03. The predicted octanol–water partition coefficient (Wildman–Crippen LogP) is 1.30. The number of aromatic amines is 1. The maximum Gasteiger partial charge on any atom is 0.326 e. The third-order valence-corrected chi connectivity index (χ3v) is 4.51. The summed E-state index contributed by atoms with van der Waals surface area (Å²) in [5, 5.41) is 12.8. The van der Waals surface area contributed by atoms with Crippen molar-refractivity contribution in [1.29, 1.82) is 0 Å². The second-order valence-corrected chi connectivity index (χ2v) is 6.29. The van der Waals surface area contributed by atoms with Crippen LogP contribution >= 0.6 is 0 Å². The zero-order valence-corrected chi connectivity index (χ0v) is 14.4. The highest BCUT2D eigenvalue weighted by Crippen LogP contribution is 2.27. The first-order chi connectivity index (χ1) is 12.0. The molecule has 3 atom stereocenters. The lowest BCUT2D eigenvalue weighted by molar-refractivity contribution is -0.142. The van der Waals surface area contributed by atoms with Gasteiger partial charge in [0.2, 0.25) is 5.91 Å². The average molecular weight is 346 g/mol. The van der Waals surface area contributed by atoms with Crippen molar-refractivity contribution in [3.8, 4) is 0 Å². The third-order valence-electron chi connectivity index (χ3n) is 4.51. The largest absolute Gasteiger partial charge is 0.480 e. The fourth-order valence-electron chi connectivity index (χ4n) is 2.91. The van der Waals surface area contributed by atoms with Gasteiger partial charge in [-0.2, -0.15) is 0 Å². The smallest absolute Gasteiger partial charge is 0.326 e. The van der Waals surface area contributed by atoms with Gasteiger partial charge in [-0.05, 0) is 37.4 Å². The number of hydrogen-bond acceptors (Lipinski definition) is 4. The molecule has 1 unspecified atom stereocenters. The van der Waals surface area contributed by atoms with E-state index in [0.717, 1.165) is 22.9 Å². The lowest BCUT2D eigenvalue weighted by Crippen LogP contribution is -2.50. The van der Waals surface area contributed by atoms with E-state index in [9.17, 15) is 14.7 Å². The van der Waals surface area contributed by atoms with Crippen molar-refractivity contribution in [1.82, 2.24) is 10.3 Å². The molecule has 2 aromatic rings. The molecule has 0 bridgehead atoms. The van der Waals surface area contributed by atoms with Gasteiger partial charge in [0.15, 0.2) is 0 Å². The molecule has 0 spiro atoms. The summed E-state index contributed by atoms with van der Waals surface area (Å²) in [4.78, 5) is 26.9. The van der Waals surface area contributed by atoms with E-state index in [-0.39, 0.29) is 5.92 Å². The first-order valence-corrected chi connectivity index (χ1v) is 8.50. The van der Waals surface area contributed by atoms with Gasteiger partial charge in [0.25, 0.3) is 0 Å². The summed E-state index contributed by atoms with van der Waals surface area (Å²) in [6.07, 6.45) is 3.54. The zero-order chi connectivity index (χ0) is 18.4. The molecule has 0 saturated heterocycles. The van der Waals surface area contributed by atoms with Crippen molar-refractivity contribution in [2.75, 3.05) is 6.54 Å². The SMILES string of the molecule is CC(c1c[nH]c2ccccc12)[C@@H](N)C(=O)N[C@@H](CCCCN)C(=O)O. The summed E-state index contributed by atoms with van der Waals surface area (Å²) < 4.78 is 0. The van der Waals surface area contributed by atoms with Crippen LogP contribution in [0.1, 0.15) is 37.7 Å². The molecule has 136 valence electrons. The van der Waals surface area contributed by atoms with Crippen molar-refractivity contribution < 1.29 is 14.7 Å². The molecule has 0 aliphatic rings. The van der Waals surface area contributed by atoms with E-state index in [0.29, 0.717) is 19.4 Å². The van der Waals surface area contributed by atoms with Crippen LogP contribution in [0.25, 0.3) is 10.9 Å². The van der Waals surface area contributed by atoms with Crippen LogP contribution in [0, 0.1) is 0 Å². The molecule has 7 N–H and O–H groups in total. The van der Waals surface area contributed by atoms with Crippen molar-refractivity contribution in [2.45, 2.75) is 44.2 Å². The lowest BCUT2D eigenvalue weighted by Gasteiger charge is -2.22. The molecule has 0 fully saturated rings. The predicted molar refractivity (Wildman–Crippen MR) is 97.2 cm³/mol. The van der Waals surface area contributed by atoms with Crippen molar-refractivity contribution >= 4 is 22.8 Å². The van der Waals surface area contributed by atoms with Crippen LogP contribution < -0.4 is 16.8 Å². The van der Waals surface area contributed by atoms with Crippen molar-refractivity contribution in [3.05, 3.63) is 36.0 Å². The van der Waals surface area contributed by atoms with Crippen LogP contribution in [-0.4, -0.2) is 40.6 Å².